The first-order chi connectivity index (χ1) is 15.6. The topological polar surface area (TPSA) is 88.6 Å². The van der Waals surface area contributed by atoms with Crippen molar-refractivity contribution in [3.63, 3.8) is 0 Å². The summed E-state index contributed by atoms with van der Waals surface area (Å²) >= 11 is 0. The lowest BCUT2D eigenvalue weighted by atomic mass is 9.86. The van der Waals surface area contributed by atoms with Crippen LogP contribution in [0, 0.1) is 11.7 Å². The molecule has 1 aromatic carbocycles. The van der Waals surface area contributed by atoms with Gasteiger partial charge in [0.2, 0.25) is 17.7 Å². The highest BCUT2D eigenvalue weighted by Crippen LogP contribution is 2.26. The summed E-state index contributed by atoms with van der Waals surface area (Å²) in [4.78, 5) is 21.7. The fourth-order valence-corrected chi connectivity index (χ4v) is 4.18. The third-order valence-corrected chi connectivity index (χ3v) is 5.92. The number of hydrogen-bond donors (Lipinski definition) is 2. The first-order valence-electron chi connectivity index (χ1n) is 11.2. The fourth-order valence-electron chi connectivity index (χ4n) is 4.18. The van der Waals surface area contributed by atoms with E-state index in [4.69, 9.17) is 9.47 Å². The average molecular weight is 444 g/mol. The summed E-state index contributed by atoms with van der Waals surface area (Å²) in [6, 6.07) is 8.19. The Morgan fingerprint density at radius 3 is 2.59 bits per heavy atom. The molecule has 1 saturated heterocycles. The second-order valence-electron chi connectivity index (χ2n) is 8.35. The van der Waals surface area contributed by atoms with Gasteiger partial charge in [0.05, 0.1) is 26.0 Å². The van der Waals surface area contributed by atoms with Crippen molar-refractivity contribution in [3.8, 4) is 5.88 Å². The number of rotatable bonds is 7. The van der Waals surface area contributed by atoms with Crippen molar-refractivity contribution in [1.82, 2.24) is 15.3 Å². The number of aromatic nitrogens is 2. The number of morpholine rings is 1. The molecule has 0 spiro atoms. The van der Waals surface area contributed by atoms with E-state index in [0.717, 1.165) is 69.6 Å². The smallest absolute Gasteiger partial charge is 0.255 e. The maximum absolute atomic E-state index is 14.2. The summed E-state index contributed by atoms with van der Waals surface area (Å²) in [6.45, 7) is 5.17. The van der Waals surface area contributed by atoms with Gasteiger partial charge < -0.3 is 25.0 Å². The van der Waals surface area contributed by atoms with Crippen LogP contribution in [0.3, 0.4) is 0 Å². The summed E-state index contributed by atoms with van der Waals surface area (Å²) in [5.74, 6) is -0.0153. The zero-order valence-electron chi connectivity index (χ0n) is 18.3. The number of carbonyl (C=O) groups excluding carboxylic acids is 1. The molecule has 32 heavy (non-hydrogen) atoms. The van der Waals surface area contributed by atoms with Crippen LogP contribution in [0.1, 0.15) is 32.6 Å². The Balaban J connectivity index is 1.30. The SMILES string of the molecule is CC(=O)N[C@H]1CC[C@H](COc2nc(Nc3ccc(N4CCOCC4)cc3)ncc2F)CC1. The van der Waals surface area contributed by atoms with Crippen LogP contribution >= 0.6 is 0 Å². The molecule has 1 amide bonds. The van der Waals surface area contributed by atoms with Gasteiger partial charge in [-0.25, -0.2) is 4.98 Å². The van der Waals surface area contributed by atoms with Crippen LogP contribution < -0.4 is 20.3 Å². The third kappa shape index (κ3) is 6.06. The van der Waals surface area contributed by atoms with E-state index in [-0.39, 0.29) is 23.8 Å². The number of carbonyl (C=O) groups is 1. The number of hydrogen-bond acceptors (Lipinski definition) is 7. The van der Waals surface area contributed by atoms with E-state index >= 15 is 0 Å². The summed E-state index contributed by atoms with van der Waals surface area (Å²) in [6.07, 6.45) is 4.80. The Kier molecular flexibility index (Phi) is 7.36. The minimum Gasteiger partial charge on any atom is -0.475 e. The molecule has 1 saturated carbocycles. The molecule has 2 heterocycles. The minimum absolute atomic E-state index is 0.00326. The van der Waals surface area contributed by atoms with Crippen LogP contribution in [0.4, 0.5) is 21.7 Å². The zero-order valence-corrected chi connectivity index (χ0v) is 18.3. The predicted octanol–water partition coefficient (Wildman–Crippen LogP) is 3.27. The molecule has 1 aliphatic carbocycles. The molecule has 0 unspecified atom stereocenters. The maximum Gasteiger partial charge on any atom is 0.255 e. The Hall–Kier alpha value is -2.94. The Labute approximate surface area is 187 Å². The van der Waals surface area contributed by atoms with Crippen LogP contribution in [0.5, 0.6) is 5.88 Å². The summed E-state index contributed by atoms with van der Waals surface area (Å²) in [7, 11) is 0. The third-order valence-electron chi connectivity index (χ3n) is 5.92. The fraction of sp³-hybridized carbons (Fsp3) is 0.522. The number of amides is 1. The monoisotopic (exact) mass is 443 g/mol. The normalized spacial score (nSPS) is 21.1. The Morgan fingerprint density at radius 1 is 1.19 bits per heavy atom. The first kappa shape index (κ1) is 22.3. The maximum atomic E-state index is 14.2. The number of benzene rings is 1. The molecular formula is C23H30FN5O3. The predicted molar refractivity (Wildman–Crippen MR) is 120 cm³/mol. The number of nitrogens with one attached hydrogen (secondary N) is 2. The summed E-state index contributed by atoms with van der Waals surface area (Å²) in [5, 5.41) is 6.07. The molecule has 1 aliphatic heterocycles. The lowest BCUT2D eigenvalue weighted by Crippen LogP contribution is -2.37. The van der Waals surface area contributed by atoms with Gasteiger partial charge in [-0.15, -0.1) is 0 Å². The molecule has 0 radical (unpaired) electrons. The molecule has 8 nitrogen and oxygen atoms in total. The van der Waals surface area contributed by atoms with Crippen molar-refractivity contribution in [2.45, 2.75) is 38.6 Å². The van der Waals surface area contributed by atoms with Crippen LogP contribution in [0.15, 0.2) is 30.5 Å². The van der Waals surface area contributed by atoms with Crippen molar-refractivity contribution in [3.05, 3.63) is 36.3 Å². The van der Waals surface area contributed by atoms with E-state index in [1.807, 2.05) is 24.3 Å². The van der Waals surface area contributed by atoms with Gasteiger partial charge in [0.1, 0.15) is 0 Å². The van der Waals surface area contributed by atoms with E-state index in [1.165, 1.54) is 6.92 Å². The number of nitrogens with zero attached hydrogens (tertiary/aromatic N) is 3. The highest BCUT2D eigenvalue weighted by Gasteiger charge is 2.23. The van der Waals surface area contributed by atoms with Gasteiger partial charge in [-0.2, -0.15) is 9.37 Å². The first-order valence-corrected chi connectivity index (χ1v) is 11.2. The number of halogens is 1. The number of ether oxygens (including phenoxy) is 2. The molecule has 4 rings (SSSR count). The van der Waals surface area contributed by atoms with Crippen LogP contribution in [0.25, 0.3) is 0 Å². The largest absolute Gasteiger partial charge is 0.475 e. The van der Waals surface area contributed by atoms with Gasteiger partial charge >= 0.3 is 0 Å². The van der Waals surface area contributed by atoms with Gasteiger partial charge in [0.15, 0.2) is 0 Å². The van der Waals surface area contributed by atoms with Crippen molar-refractivity contribution >= 4 is 23.2 Å². The molecule has 0 bridgehead atoms. The van der Waals surface area contributed by atoms with Crippen molar-refractivity contribution in [1.29, 1.82) is 0 Å². The van der Waals surface area contributed by atoms with E-state index in [0.29, 0.717) is 12.5 Å². The quantitative estimate of drug-likeness (QED) is 0.679. The minimum atomic E-state index is -0.579. The van der Waals surface area contributed by atoms with E-state index in [1.54, 1.807) is 0 Å². The van der Waals surface area contributed by atoms with Gasteiger partial charge in [-0.05, 0) is 55.9 Å². The van der Waals surface area contributed by atoms with E-state index in [2.05, 4.69) is 25.5 Å². The molecule has 2 aliphatic rings. The average Bonchev–Trinajstić information content (AvgIpc) is 2.81. The number of anilines is 3. The van der Waals surface area contributed by atoms with Crippen molar-refractivity contribution in [2.75, 3.05) is 43.1 Å². The zero-order chi connectivity index (χ0) is 22.3. The van der Waals surface area contributed by atoms with Gasteiger partial charge in [-0.3, -0.25) is 4.79 Å². The molecule has 172 valence electrons. The van der Waals surface area contributed by atoms with Crippen LogP contribution in [-0.4, -0.2) is 54.8 Å². The van der Waals surface area contributed by atoms with Crippen LogP contribution in [0.2, 0.25) is 0 Å². The highest BCUT2D eigenvalue weighted by molar-refractivity contribution is 5.73. The summed E-state index contributed by atoms with van der Waals surface area (Å²) < 4.78 is 25.3. The Morgan fingerprint density at radius 2 is 1.91 bits per heavy atom. The second-order valence-corrected chi connectivity index (χ2v) is 8.35. The van der Waals surface area contributed by atoms with E-state index in [9.17, 15) is 9.18 Å². The van der Waals surface area contributed by atoms with Crippen molar-refractivity contribution in [2.24, 2.45) is 5.92 Å². The van der Waals surface area contributed by atoms with Gasteiger partial charge in [0, 0.05) is 37.4 Å². The van der Waals surface area contributed by atoms with E-state index < -0.39 is 5.82 Å². The standard InChI is InChI=1S/C23H30FN5O3/c1-16(30)26-18-4-2-17(3-5-18)15-32-22-21(24)14-25-23(28-22)27-19-6-8-20(9-7-19)29-10-12-31-13-11-29/h6-9,14,17-18H,2-5,10-13,15H2,1H3,(H,26,30)(H,25,27,28)/t17-,18-. The molecule has 0 atom stereocenters. The highest BCUT2D eigenvalue weighted by atomic mass is 19.1. The molecule has 1 aromatic heterocycles. The molecule has 2 aromatic rings. The molecule has 9 heteroatoms. The van der Waals surface area contributed by atoms with Crippen molar-refractivity contribution < 1.29 is 18.7 Å². The molecule has 2 fully saturated rings. The van der Waals surface area contributed by atoms with Gasteiger partial charge in [-0.1, -0.05) is 0 Å². The van der Waals surface area contributed by atoms with Crippen LogP contribution in [-0.2, 0) is 9.53 Å². The molecule has 2 N–H and O–H groups in total. The lowest BCUT2D eigenvalue weighted by molar-refractivity contribution is -0.119. The molecular weight excluding hydrogens is 413 g/mol. The van der Waals surface area contributed by atoms with Gasteiger partial charge in [0.25, 0.3) is 5.88 Å². The Bertz CT molecular complexity index is 897. The second kappa shape index (κ2) is 10.6. The summed E-state index contributed by atoms with van der Waals surface area (Å²) in [5.41, 5.74) is 1.95. The lowest BCUT2D eigenvalue weighted by Gasteiger charge is -2.29.